The molecule has 1 fully saturated rings. The third-order valence-corrected chi connectivity index (χ3v) is 4.66. The van der Waals surface area contributed by atoms with Crippen LogP contribution in [0, 0.1) is 5.82 Å². The number of halogens is 2. The van der Waals surface area contributed by atoms with Crippen molar-refractivity contribution in [2.45, 2.75) is 11.3 Å². The fraction of sp³-hybridized carbons (Fsp3) is 0.333. The highest BCUT2D eigenvalue weighted by atomic mass is 79.9. The molecule has 1 aromatic carbocycles. The highest BCUT2D eigenvalue weighted by Gasteiger charge is 2.31. The zero-order valence-electron chi connectivity index (χ0n) is 8.69. The minimum Gasteiger partial charge on any atom is -0.398 e. The molecule has 0 bridgehead atoms. The smallest absolute Gasteiger partial charge is 0.267 e. The van der Waals surface area contributed by atoms with Crippen molar-refractivity contribution in [1.82, 2.24) is 4.47 Å². The van der Waals surface area contributed by atoms with Crippen molar-refractivity contribution in [3.05, 3.63) is 22.4 Å². The van der Waals surface area contributed by atoms with Gasteiger partial charge in [0.05, 0.1) is 16.8 Å². The van der Waals surface area contributed by atoms with Crippen LogP contribution >= 0.6 is 15.9 Å². The van der Waals surface area contributed by atoms with Crippen molar-refractivity contribution >= 4 is 31.6 Å². The third kappa shape index (κ3) is 2.30. The van der Waals surface area contributed by atoms with E-state index in [2.05, 4.69) is 15.9 Å². The van der Waals surface area contributed by atoms with E-state index in [0.29, 0.717) is 13.0 Å². The molecule has 0 saturated carbocycles. The van der Waals surface area contributed by atoms with Gasteiger partial charge in [0.25, 0.3) is 10.0 Å². The lowest BCUT2D eigenvalue weighted by atomic mass is 10.3. The molecule has 1 saturated heterocycles. The van der Waals surface area contributed by atoms with Gasteiger partial charge in [-0.15, -0.1) is 0 Å². The molecule has 0 aromatic heterocycles. The van der Waals surface area contributed by atoms with Crippen LogP contribution < -0.4 is 5.73 Å². The molecule has 17 heavy (non-hydrogen) atoms. The molecule has 0 atom stereocenters. The molecule has 1 aliphatic heterocycles. The second-order valence-corrected chi connectivity index (χ2v) is 6.17. The zero-order valence-corrected chi connectivity index (χ0v) is 11.1. The van der Waals surface area contributed by atoms with E-state index in [1.54, 1.807) is 0 Å². The first kappa shape index (κ1) is 12.7. The number of hydrogen-bond donors (Lipinski definition) is 1. The Kier molecular flexibility index (Phi) is 3.39. The van der Waals surface area contributed by atoms with Gasteiger partial charge in [-0.2, -0.15) is 0 Å². The van der Waals surface area contributed by atoms with Gasteiger partial charge in [0.15, 0.2) is 0 Å². The first-order chi connectivity index (χ1) is 7.93. The Morgan fingerprint density at radius 3 is 2.76 bits per heavy atom. The average molecular weight is 325 g/mol. The topological polar surface area (TPSA) is 72.6 Å². The molecule has 0 spiro atoms. The predicted molar refractivity (Wildman–Crippen MR) is 63.0 cm³/mol. The third-order valence-electron chi connectivity index (χ3n) is 2.32. The Hall–Kier alpha value is -0.700. The van der Waals surface area contributed by atoms with Crippen LogP contribution in [0.3, 0.4) is 0 Å². The van der Waals surface area contributed by atoms with Crippen molar-refractivity contribution in [3.8, 4) is 0 Å². The normalized spacial score (nSPS) is 17.5. The van der Waals surface area contributed by atoms with E-state index in [4.69, 9.17) is 10.6 Å². The van der Waals surface area contributed by atoms with Crippen LogP contribution in [-0.4, -0.2) is 26.0 Å². The minimum atomic E-state index is -3.82. The lowest BCUT2D eigenvalue weighted by Crippen LogP contribution is -2.27. The van der Waals surface area contributed by atoms with Gasteiger partial charge in [0.2, 0.25) is 0 Å². The van der Waals surface area contributed by atoms with Crippen LogP contribution in [0.25, 0.3) is 0 Å². The summed E-state index contributed by atoms with van der Waals surface area (Å²) in [5.74, 6) is -0.608. The van der Waals surface area contributed by atoms with Crippen molar-refractivity contribution in [2.75, 3.05) is 18.9 Å². The monoisotopic (exact) mass is 324 g/mol. The molecule has 5 nitrogen and oxygen atoms in total. The van der Waals surface area contributed by atoms with E-state index in [1.165, 1.54) is 0 Å². The second kappa shape index (κ2) is 4.52. The van der Waals surface area contributed by atoms with Gasteiger partial charge in [-0.3, -0.25) is 4.84 Å². The SMILES string of the molecule is Nc1cc(F)c(Br)cc1S(=O)(=O)N1CCCO1. The molecule has 1 aromatic rings. The maximum Gasteiger partial charge on any atom is 0.267 e. The van der Waals surface area contributed by atoms with Gasteiger partial charge >= 0.3 is 0 Å². The summed E-state index contributed by atoms with van der Waals surface area (Å²) in [6, 6.07) is 2.11. The number of nitrogens with zero attached hydrogens (tertiary/aromatic N) is 1. The largest absolute Gasteiger partial charge is 0.398 e. The maximum atomic E-state index is 13.2. The Bertz CT molecular complexity index is 543. The van der Waals surface area contributed by atoms with E-state index in [1.807, 2.05) is 0 Å². The zero-order chi connectivity index (χ0) is 12.6. The van der Waals surface area contributed by atoms with Gasteiger partial charge in [0.1, 0.15) is 10.7 Å². The summed E-state index contributed by atoms with van der Waals surface area (Å²) in [5, 5.41) is 0. The standard InChI is InChI=1S/C9H10BrFN2O3S/c10-6-4-9(8(12)5-7(6)11)17(14,15)13-2-1-3-16-13/h4-5H,1-3,12H2. The summed E-state index contributed by atoms with van der Waals surface area (Å²) in [7, 11) is -3.82. The van der Waals surface area contributed by atoms with Gasteiger partial charge in [0, 0.05) is 6.54 Å². The van der Waals surface area contributed by atoms with Gasteiger partial charge in [-0.25, -0.2) is 12.8 Å². The molecule has 1 heterocycles. The Morgan fingerprint density at radius 1 is 1.47 bits per heavy atom. The second-order valence-electron chi connectivity index (χ2n) is 3.52. The molecule has 0 aliphatic carbocycles. The highest BCUT2D eigenvalue weighted by Crippen LogP contribution is 2.29. The molecule has 0 amide bonds. The fourth-order valence-corrected chi connectivity index (χ4v) is 3.41. The summed E-state index contributed by atoms with van der Waals surface area (Å²) < 4.78 is 38.3. The number of sulfonamides is 1. The minimum absolute atomic E-state index is 0.0458. The molecule has 0 unspecified atom stereocenters. The quantitative estimate of drug-likeness (QED) is 0.837. The van der Waals surface area contributed by atoms with E-state index >= 15 is 0 Å². The summed E-state index contributed by atoms with van der Waals surface area (Å²) >= 11 is 2.93. The lowest BCUT2D eigenvalue weighted by molar-refractivity contribution is -0.0284. The first-order valence-electron chi connectivity index (χ1n) is 4.83. The Balaban J connectivity index is 2.49. The van der Waals surface area contributed by atoms with Crippen molar-refractivity contribution in [3.63, 3.8) is 0 Å². The van der Waals surface area contributed by atoms with Crippen LogP contribution in [-0.2, 0) is 14.9 Å². The van der Waals surface area contributed by atoms with Crippen molar-refractivity contribution in [2.24, 2.45) is 0 Å². The van der Waals surface area contributed by atoms with Crippen molar-refractivity contribution < 1.29 is 17.6 Å². The van der Waals surface area contributed by atoms with Crippen LogP contribution in [0.4, 0.5) is 10.1 Å². The molecular formula is C9H10BrFN2O3S. The summed E-state index contributed by atoms with van der Waals surface area (Å²) in [6.07, 6.45) is 0.626. The number of hydroxylamine groups is 1. The maximum absolute atomic E-state index is 13.2. The Morgan fingerprint density at radius 2 is 2.18 bits per heavy atom. The van der Waals surface area contributed by atoms with Crippen LogP contribution in [0.2, 0.25) is 0 Å². The molecule has 94 valence electrons. The molecular weight excluding hydrogens is 315 g/mol. The summed E-state index contributed by atoms with van der Waals surface area (Å²) in [5.41, 5.74) is 5.38. The van der Waals surface area contributed by atoms with Gasteiger partial charge < -0.3 is 5.73 Å². The molecule has 0 radical (unpaired) electrons. The van der Waals surface area contributed by atoms with Crippen molar-refractivity contribution in [1.29, 1.82) is 0 Å². The Labute approximate surface area is 106 Å². The molecule has 1 aliphatic rings. The van der Waals surface area contributed by atoms with Gasteiger partial charge in [-0.1, -0.05) is 4.47 Å². The average Bonchev–Trinajstić information content (AvgIpc) is 2.77. The lowest BCUT2D eigenvalue weighted by Gasteiger charge is -2.16. The van der Waals surface area contributed by atoms with E-state index in [9.17, 15) is 12.8 Å². The van der Waals surface area contributed by atoms with E-state index in [-0.39, 0.29) is 21.6 Å². The van der Waals surface area contributed by atoms with Gasteiger partial charge in [-0.05, 0) is 34.5 Å². The van der Waals surface area contributed by atoms with E-state index < -0.39 is 15.8 Å². The first-order valence-corrected chi connectivity index (χ1v) is 7.06. The molecule has 2 rings (SSSR count). The number of anilines is 1. The summed E-state index contributed by atoms with van der Waals surface area (Å²) in [6.45, 7) is 0.623. The predicted octanol–water partition coefficient (Wildman–Crippen LogP) is 1.50. The highest BCUT2D eigenvalue weighted by molar-refractivity contribution is 9.10. The number of benzene rings is 1. The van der Waals surface area contributed by atoms with Crippen LogP contribution in [0.1, 0.15) is 6.42 Å². The summed E-state index contributed by atoms with van der Waals surface area (Å²) in [4.78, 5) is 4.82. The van der Waals surface area contributed by atoms with Crippen LogP contribution in [0.15, 0.2) is 21.5 Å². The molecule has 8 heteroatoms. The van der Waals surface area contributed by atoms with Crippen LogP contribution in [0.5, 0.6) is 0 Å². The number of rotatable bonds is 2. The fourth-order valence-electron chi connectivity index (χ4n) is 1.49. The number of nitrogen functional groups attached to an aromatic ring is 1. The number of nitrogens with two attached hydrogens (primary N) is 1. The van der Waals surface area contributed by atoms with E-state index in [0.717, 1.165) is 16.6 Å². The molecule has 2 N–H and O–H groups in total. The number of hydrogen-bond acceptors (Lipinski definition) is 4.